The fourth-order valence-corrected chi connectivity index (χ4v) is 4.88. The van der Waals surface area contributed by atoms with E-state index >= 15 is 0 Å². The minimum absolute atomic E-state index is 0.133. The Morgan fingerprint density at radius 3 is 2.48 bits per heavy atom. The second-order valence-electron chi connectivity index (χ2n) is 8.08. The van der Waals surface area contributed by atoms with Gasteiger partial charge in [0.1, 0.15) is 11.5 Å². The molecular weight excluding hydrogens is 396 g/mol. The van der Waals surface area contributed by atoms with Gasteiger partial charge in [-0.2, -0.15) is 10.1 Å². The van der Waals surface area contributed by atoms with Crippen LogP contribution in [0.15, 0.2) is 58.1 Å². The van der Waals surface area contributed by atoms with E-state index in [1.54, 1.807) is 37.3 Å². The summed E-state index contributed by atoms with van der Waals surface area (Å²) in [5.74, 6) is -0.192. The van der Waals surface area contributed by atoms with Crippen LogP contribution in [0.25, 0.3) is 11.3 Å². The number of furan rings is 1. The molecule has 0 radical (unpaired) electrons. The largest absolute Gasteiger partial charge is 0.462 e. The molecule has 2 heterocycles. The van der Waals surface area contributed by atoms with Crippen molar-refractivity contribution in [2.24, 2.45) is 28.8 Å². The summed E-state index contributed by atoms with van der Waals surface area (Å²) in [6.45, 7) is 2.06. The van der Waals surface area contributed by atoms with E-state index in [9.17, 15) is 14.4 Å². The number of hydrazone groups is 1. The van der Waals surface area contributed by atoms with Crippen LogP contribution in [0, 0.1) is 23.7 Å². The molecule has 158 valence electrons. The van der Waals surface area contributed by atoms with E-state index in [4.69, 9.17) is 9.15 Å². The van der Waals surface area contributed by atoms with Gasteiger partial charge >= 0.3 is 5.97 Å². The summed E-state index contributed by atoms with van der Waals surface area (Å²) in [4.78, 5) is 37.6. The Hall–Kier alpha value is -3.48. The van der Waals surface area contributed by atoms with Crippen molar-refractivity contribution in [3.05, 3.63) is 59.9 Å². The Balaban J connectivity index is 1.34. The van der Waals surface area contributed by atoms with Gasteiger partial charge < -0.3 is 9.15 Å². The molecule has 1 saturated carbocycles. The standard InChI is InChI=1S/C24H22N2O5/c1-2-30-24(29)17-5-3-4-16(12-17)19-11-10-18(31-19)13-25-26-22(27)20-14-6-7-15(9-8-14)21(20)23(26)28/h3-7,10-15,20-21H,2,8-9H2,1H3/b25-13-/t14-,15-,20-,21+/m1/s1. The highest BCUT2D eigenvalue weighted by Gasteiger charge is 2.56. The fraction of sp³-hybridized carbons (Fsp3) is 0.333. The van der Waals surface area contributed by atoms with E-state index < -0.39 is 5.97 Å². The van der Waals surface area contributed by atoms with Gasteiger partial charge in [0.2, 0.25) is 0 Å². The van der Waals surface area contributed by atoms with Crippen molar-refractivity contribution in [3.63, 3.8) is 0 Å². The molecule has 1 aliphatic heterocycles. The number of hydrogen-bond donors (Lipinski definition) is 0. The SMILES string of the molecule is CCOC(=O)c1cccc(-c2ccc(/C=N\N3C(=O)[C@@H]4[C@H](C3=O)[C@@H]3C=C[C@@H]4CC3)o2)c1. The Kier molecular flexibility index (Phi) is 4.81. The van der Waals surface area contributed by atoms with Crippen molar-refractivity contribution in [1.29, 1.82) is 0 Å². The molecule has 4 aliphatic rings. The quantitative estimate of drug-likeness (QED) is 0.320. The van der Waals surface area contributed by atoms with Crippen LogP contribution in [-0.4, -0.2) is 35.6 Å². The van der Waals surface area contributed by atoms with E-state index in [0.29, 0.717) is 29.3 Å². The molecule has 1 aromatic heterocycles. The minimum atomic E-state index is -0.395. The van der Waals surface area contributed by atoms with Gasteiger partial charge in [-0.1, -0.05) is 24.3 Å². The summed E-state index contributed by atoms with van der Waals surface area (Å²) in [5, 5.41) is 5.18. The summed E-state index contributed by atoms with van der Waals surface area (Å²) < 4.78 is 10.8. The predicted molar refractivity (Wildman–Crippen MR) is 112 cm³/mol. The first kappa shape index (κ1) is 19.5. The van der Waals surface area contributed by atoms with Crippen LogP contribution in [0.5, 0.6) is 0 Å². The molecule has 31 heavy (non-hydrogen) atoms. The number of carbonyl (C=O) groups is 3. The minimum Gasteiger partial charge on any atom is -0.462 e. The lowest BCUT2D eigenvalue weighted by Crippen LogP contribution is -2.38. The number of ether oxygens (including phenoxy) is 1. The number of allylic oxidation sites excluding steroid dienone is 2. The van der Waals surface area contributed by atoms with Crippen molar-refractivity contribution in [3.8, 4) is 11.3 Å². The average molecular weight is 418 g/mol. The van der Waals surface area contributed by atoms with Gasteiger partial charge in [0.25, 0.3) is 11.8 Å². The number of imide groups is 1. The molecule has 7 nitrogen and oxygen atoms in total. The normalized spacial score (nSPS) is 26.7. The monoisotopic (exact) mass is 418 g/mol. The van der Waals surface area contributed by atoms with Crippen LogP contribution in [0.2, 0.25) is 0 Å². The van der Waals surface area contributed by atoms with Crippen molar-refractivity contribution in [1.82, 2.24) is 5.01 Å². The van der Waals surface area contributed by atoms with Gasteiger partial charge in [0, 0.05) is 5.56 Å². The third-order valence-corrected chi connectivity index (χ3v) is 6.32. The maximum absolute atomic E-state index is 12.8. The van der Waals surface area contributed by atoms with Crippen LogP contribution in [0.1, 0.15) is 35.9 Å². The molecule has 2 aromatic rings. The van der Waals surface area contributed by atoms with Crippen LogP contribution in [-0.2, 0) is 14.3 Å². The topological polar surface area (TPSA) is 89.2 Å². The second-order valence-corrected chi connectivity index (χ2v) is 8.08. The zero-order valence-corrected chi connectivity index (χ0v) is 17.1. The van der Waals surface area contributed by atoms with E-state index in [2.05, 4.69) is 17.3 Å². The fourth-order valence-electron chi connectivity index (χ4n) is 4.88. The van der Waals surface area contributed by atoms with Gasteiger partial charge in [-0.05, 0) is 55.9 Å². The predicted octanol–water partition coefficient (Wildman–Crippen LogP) is 3.65. The first-order valence-corrected chi connectivity index (χ1v) is 10.5. The molecule has 3 aliphatic carbocycles. The van der Waals surface area contributed by atoms with Crippen LogP contribution < -0.4 is 0 Å². The number of hydrogen-bond acceptors (Lipinski definition) is 6. The lowest BCUT2D eigenvalue weighted by atomic mass is 9.63. The molecule has 7 heteroatoms. The van der Waals surface area contributed by atoms with Crippen molar-refractivity contribution in [2.75, 3.05) is 6.61 Å². The Morgan fingerprint density at radius 1 is 1.13 bits per heavy atom. The third kappa shape index (κ3) is 3.30. The smallest absolute Gasteiger partial charge is 0.338 e. The maximum atomic E-state index is 12.8. The number of amides is 2. The summed E-state index contributed by atoms with van der Waals surface area (Å²) in [6.07, 6.45) is 7.45. The molecule has 2 fully saturated rings. The lowest BCUT2D eigenvalue weighted by molar-refractivity contribution is -0.140. The number of fused-ring (bicyclic) bond motifs is 1. The number of nitrogens with zero attached hydrogens (tertiary/aromatic N) is 2. The average Bonchev–Trinajstić information content (AvgIpc) is 3.38. The molecule has 1 saturated heterocycles. The van der Waals surface area contributed by atoms with Crippen molar-refractivity contribution >= 4 is 24.0 Å². The molecule has 0 N–H and O–H groups in total. The van der Waals surface area contributed by atoms with E-state index in [1.165, 1.54) is 6.21 Å². The molecule has 6 rings (SSSR count). The number of rotatable bonds is 5. The maximum Gasteiger partial charge on any atom is 0.338 e. The van der Waals surface area contributed by atoms with Crippen LogP contribution >= 0.6 is 0 Å². The number of benzene rings is 1. The zero-order chi connectivity index (χ0) is 21.5. The van der Waals surface area contributed by atoms with Crippen molar-refractivity contribution < 1.29 is 23.5 Å². The highest BCUT2D eigenvalue weighted by atomic mass is 16.5. The summed E-state index contributed by atoms with van der Waals surface area (Å²) in [7, 11) is 0. The summed E-state index contributed by atoms with van der Waals surface area (Å²) >= 11 is 0. The Bertz CT molecular complexity index is 1080. The van der Waals surface area contributed by atoms with Crippen LogP contribution in [0.3, 0.4) is 0 Å². The van der Waals surface area contributed by atoms with E-state index in [0.717, 1.165) is 17.9 Å². The summed E-state index contributed by atoms with van der Waals surface area (Å²) in [5.41, 5.74) is 1.15. The van der Waals surface area contributed by atoms with E-state index in [1.807, 2.05) is 6.07 Å². The molecule has 2 bridgehead atoms. The number of carbonyl (C=O) groups excluding carboxylic acids is 3. The van der Waals surface area contributed by atoms with Gasteiger partial charge in [0.05, 0.1) is 30.2 Å². The van der Waals surface area contributed by atoms with E-state index in [-0.39, 0.29) is 35.5 Å². The van der Waals surface area contributed by atoms with Gasteiger partial charge in [0.15, 0.2) is 0 Å². The molecule has 0 unspecified atom stereocenters. The molecule has 2 amide bonds. The highest BCUT2D eigenvalue weighted by Crippen LogP contribution is 2.49. The lowest BCUT2D eigenvalue weighted by Gasteiger charge is -2.37. The first-order chi connectivity index (χ1) is 15.1. The van der Waals surface area contributed by atoms with Crippen LogP contribution in [0.4, 0.5) is 0 Å². The molecule has 0 spiro atoms. The number of esters is 1. The van der Waals surface area contributed by atoms with Crippen molar-refractivity contribution in [2.45, 2.75) is 19.8 Å². The second kappa shape index (κ2) is 7.65. The van der Waals surface area contributed by atoms with Gasteiger partial charge in [-0.3, -0.25) is 9.59 Å². The molecule has 1 aromatic carbocycles. The third-order valence-electron chi connectivity index (χ3n) is 6.32. The van der Waals surface area contributed by atoms with Gasteiger partial charge in [-0.15, -0.1) is 0 Å². The first-order valence-electron chi connectivity index (χ1n) is 10.5. The molecular formula is C24H22N2O5. The zero-order valence-electron chi connectivity index (χ0n) is 17.1. The highest BCUT2D eigenvalue weighted by molar-refractivity contribution is 6.06. The summed E-state index contributed by atoms with van der Waals surface area (Å²) in [6, 6.07) is 10.4. The van der Waals surface area contributed by atoms with Gasteiger partial charge in [-0.25, -0.2) is 4.79 Å². The molecule has 4 atom stereocenters. The Labute approximate surface area is 179 Å². The Morgan fingerprint density at radius 2 is 1.84 bits per heavy atom.